The molecule has 2 aromatic heterocycles. The van der Waals surface area contributed by atoms with Gasteiger partial charge in [-0.05, 0) is 30.3 Å². The van der Waals surface area contributed by atoms with Gasteiger partial charge in [0.25, 0.3) is 5.91 Å². The molecule has 1 N–H and O–H groups in total. The second kappa shape index (κ2) is 5.98. The van der Waals surface area contributed by atoms with E-state index in [4.69, 9.17) is 9.47 Å². The number of methoxy groups -OCH3 is 2. The van der Waals surface area contributed by atoms with Gasteiger partial charge in [0.1, 0.15) is 11.3 Å². The Hall–Kier alpha value is -2.67. The molecule has 0 aliphatic heterocycles. The van der Waals surface area contributed by atoms with Crippen molar-refractivity contribution < 1.29 is 14.3 Å². The fourth-order valence-corrected chi connectivity index (χ4v) is 2.87. The lowest BCUT2D eigenvalue weighted by Crippen LogP contribution is -2.13. The number of thiazole rings is 1. The Labute approximate surface area is 130 Å². The Morgan fingerprint density at radius 1 is 1.23 bits per heavy atom. The molecule has 0 atom stereocenters. The summed E-state index contributed by atoms with van der Waals surface area (Å²) >= 11 is 1.38. The van der Waals surface area contributed by atoms with Crippen LogP contribution in [0, 0.1) is 0 Å². The minimum atomic E-state index is -0.309. The van der Waals surface area contributed by atoms with Gasteiger partial charge in [-0.25, -0.2) is 9.97 Å². The Morgan fingerprint density at radius 2 is 2.09 bits per heavy atom. The maximum Gasteiger partial charge on any atom is 0.262 e. The molecule has 3 rings (SSSR count). The number of aromatic nitrogens is 2. The summed E-state index contributed by atoms with van der Waals surface area (Å²) in [6.45, 7) is 0. The monoisotopic (exact) mass is 315 g/mol. The third kappa shape index (κ3) is 2.71. The molecule has 0 saturated carbocycles. The molecule has 0 spiro atoms. The number of pyridine rings is 1. The molecular weight excluding hydrogens is 302 g/mol. The molecule has 0 aliphatic carbocycles. The molecule has 0 radical (unpaired) electrons. The highest BCUT2D eigenvalue weighted by Crippen LogP contribution is 2.29. The molecule has 6 nitrogen and oxygen atoms in total. The van der Waals surface area contributed by atoms with Crippen molar-refractivity contribution in [2.45, 2.75) is 0 Å². The maximum absolute atomic E-state index is 12.3. The number of ether oxygens (including phenoxy) is 2. The minimum Gasteiger partial charge on any atom is -0.497 e. The van der Waals surface area contributed by atoms with Crippen LogP contribution in [0.4, 0.5) is 5.13 Å². The van der Waals surface area contributed by atoms with E-state index >= 15 is 0 Å². The second-order valence-electron chi connectivity index (χ2n) is 4.37. The van der Waals surface area contributed by atoms with E-state index in [9.17, 15) is 4.79 Å². The zero-order chi connectivity index (χ0) is 15.5. The number of rotatable bonds is 4. The van der Waals surface area contributed by atoms with Gasteiger partial charge in [0.15, 0.2) is 5.13 Å². The van der Waals surface area contributed by atoms with E-state index < -0.39 is 0 Å². The smallest absolute Gasteiger partial charge is 0.262 e. The molecule has 7 heteroatoms. The van der Waals surface area contributed by atoms with Crippen molar-refractivity contribution in [3.63, 3.8) is 0 Å². The Balaban J connectivity index is 1.87. The van der Waals surface area contributed by atoms with Crippen LogP contribution >= 0.6 is 11.3 Å². The molecule has 3 aromatic rings. The molecule has 112 valence electrons. The zero-order valence-electron chi connectivity index (χ0n) is 12.0. The van der Waals surface area contributed by atoms with Crippen LogP contribution in [-0.2, 0) is 0 Å². The van der Waals surface area contributed by atoms with Gasteiger partial charge in [-0.15, -0.1) is 0 Å². The van der Waals surface area contributed by atoms with E-state index in [1.165, 1.54) is 18.4 Å². The normalized spacial score (nSPS) is 10.5. The SMILES string of the molecule is COc1ccc2nc(NC(=O)c3cccnc3OC)sc2c1. The van der Waals surface area contributed by atoms with Gasteiger partial charge in [0.05, 0.1) is 24.4 Å². The van der Waals surface area contributed by atoms with Gasteiger partial charge in [-0.2, -0.15) is 0 Å². The zero-order valence-corrected chi connectivity index (χ0v) is 12.8. The summed E-state index contributed by atoms with van der Waals surface area (Å²) in [6, 6.07) is 8.90. The second-order valence-corrected chi connectivity index (χ2v) is 5.40. The summed E-state index contributed by atoms with van der Waals surface area (Å²) in [7, 11) is 3.09. The Morgan fingerprint density at radius 3 is 2.86 bits per heavy atom. The van der Waals surface area contributed by atoms with Crippen molar-refractivity contribution >= 4 is 32.6 Å². The molecule has 0 fully saturated rings. The summed E-state index contributed by atoms with van der Waals surface area (Å²) < 4.78 is 11.2. The van der Waals surface area contributed by atoms with E-state index in [2.05, 4.69) is 15.3 Å². The van der Waals surface area contributed by atoms with Crippen LogP contribution in [0.15, 0.2) is 36.5 Å². The Kier molecular flexibility index (Phi) is 3.88. The fourth-order valence-electron chi connectivity index (χ4n) is 1.98. The summed E-state index contributed by atoms with van der Waals surface area (Å²) in [4.78, 5) is 20.7. The predicted octanol–water partition coefficient (Wildman–Crippen LogP) is 2.96. The lowest BCUT2D eigenvalue weighted by atomic mass is 10.2. The average Bonchev–Trinajstić information content (AvgIpc) is 2.95. The molecule has 1 aromatic carbocycles. The number of benzene rings is 1. The number of hydrogen-bond acceptors (Lipinski definition) is 6. The van der Waals surface area contributed by atoms with Crippen LogP contribution in [0.25, 0.3) is 10.2 Å². The fraction of sp³-hybridized carbons (Fsp3) is 0.133. The predicted molar refractivity (Wildman–Crippen MR) is 84.9 cm³/mol. The summed E-state index contributed by atoms with van der Waals surface area (Å²) in [6.07, 6.45) is 1.57. The number of fused-ring (bicyclic) bond motifs is 1. The van der Waals surface area contributed by atoms with Gasteiger partial charge in [0.2, 0.25) is 5.88 Å². The highest BCUT2D eigenvalue weighted by atomic mass is 32.1. The van der Waals surface area contributed by atoms with E-state index in [0.29, 0.717) is 10.7 Å². The number of amides is 1. The van der Waals surface area contributed by atoms with Gasteiger partial charge < -0.3 is 9.47 Å². The van der Waals surface area contributed by atoms with E-state index in [1.54, 1.807) is 25.4 Å². The largest absolute Gasteiger partial charge is 0.497 e. The number of nitrogens with one attached hydrogen (secondary N) is 1. The maximum atomic E-state index is 12.3. The van der Waals surface area contributed by atoms with Gasteiger partial charge >= 0.3 is 0 Å². The topological polar surface area (TPSA) is 73.3 Å². The molecule has 1 amide bonds. The molecule has 0 aliphatic rings. The third-order valence-corrected chi connectivity index (χ3v) is 3.96. The first-order valence-electron chi connectivity index (χ1n) is 6.46. The first kappa shape index (κ1) is 14.3. The molecule has 2 heterocycles. The van der Waals surface area contributed by atoms with E-state index in [1.807, 2.05) is 18.2 Å². The summed E-state index contributed by atoms with van der Waals surface area (Å²) in [5, 5.41) is 3.28. The molecule has 22 heavy (non-hydrogen) atoms. The number of carbonyl (C=O) groups is 1. The van der Waals surface area contributed by atoms with Crippen molar-refractivity contribution in [2.24, 2.45) is 0 Å². The molecular formula is C15H13N3O3S. The highest BCUT2D eigenvalue weighted by Gasteiger charge is 2.15. The van der Waals surface area contributed by atoms with Crippen molar-refractivity contribution in [2.75, 3.05) is 19.5 Å². The van der Waals surface area contributed by atoms with Crippen LogP contribution in [-0.4, -0.2) is 30.1 Å². The van der Waals surface area contributed by atoms with E-state index in [0.717, 1.165) is 16.0 Å². The molecule has 0 unspecified atom stereocenters. The molecule has 0 bridgehead atoms. The van der Waals surface area contributed by atoms with Crippen molar-refractivity contribution in [3.8, 4) is 11.6 Å². The lowest BCUT2D eigenvalue weighted by molar-refractivity contribution is 0.102. The third-order valence-electron chi connectivity index (χ3n) is 3.03. The van der Waals surface area contributed by atoms with Crippen molar-refractivity contribution in [1.29, 1.82) is 0 Å². The van der Waals surface area contributed by atoms with Gasteiger partial charge in [0, 0.05) is 6.20 Å². The van der Waals surface area contributed by atoms with Crippen LogP contribution in [0.1, 0.15) is 10.4 Å². The summed E-state index contributed by atoms with van der Waals surface area (Å²) in [5.41, 5.74) is 1.17. The molecule has 0 saturated heterocycles. The number of nitrogens with zero attached hydrogens (tertiary/aromatic N) is 2. The summed E-state index contributed by atoms with van der Waals surface area (Å²) in [5.74, 6) is 0.724. The van der Waals surface area contributed by atoms with Crippen LogP contribution in [0.2, 0.25) is 0 Å². The Bertz CT molecular complexity index is 832. The minimum absolute atomic E-state index is 0.280. The standard InChI is InChI=1S/C15H13N3O3S/c1-20-9-5-6-11-12(8-9)22-15(17-11)18-13(19)10-4-3-7-16-14(10)21-2/h3-8H,1-2H3,(H,17,18,19). The van der Waals surface area contributed by atoms with Crippen molar-refractivity contribution in [3.05, 3.63) is 42.1 Å². The first-order valence-corrected chi connectivity index (χ1v) is 7.28. The first-order chi connectivity index (χ1) is 10.7. The van der Waals surface area contributed by atoms with Gasteiger partial charge in [-0.1, -0.05) is 11.3 Å². The number of carbonyl (C=O) groups excluding carboxylic acids is 1. The quantitative estimate of drug-likeness (QED) is 0.801. The average molecular weight is 315 g/mol. The van der Waals surface area contributed by atoms with Crippen LogP contribution < -0.4 is 14.8 Å². The lowest BCUT2D eigenvalue weighted by Gasteiger charge is -2.05. The van der Waals surface area contributed by atoms with E-state index in [-0.39, 0.29) is 11.8 Å². The van der Waals surface area contributed by atoms with Crippen LogP contribution in [0.5, 0.6) is 11.6 Å². The number of anilines is 1. The van der Waals surface area contributed by atoms with Crippen molar-refractivity contribution in [1.82, 2.24) is 9.97 Å². The number of hydrogen-bond donors (Lipinski definition) is 1. The van der Waals surface area contributed by atoms with Crippen LogP contribution in [0.3, 0.4) is 0 Å². The van der Waals surface area contributed by atoms with Gasteiger partial charge in [-0.3, -0.25) is 10.1 Å². The highest BCUT2D eigenvalue weighted by molar-refractivity contribution is 7.22.